The van der Waals surface area contributed by atoms with Gasteiger partial charge in [0, 0.05) is 6.04 Å². The molecule has 0 saturated carbocycles. The highest BCUT2D eigenvalue weighted by atomic mass is 15.1. The zero-order chi connectivity index (χ0) is 15.0. The van der Waals surface area contributed by atoms with Gasteiger partial charge in [0.1, 0.15) is 0 Å². The van der Waals surface area contributed by atoms with Crippen molar-refractivity contribution < 1.29 is 0 Å². The van der Waals surface area contributed by atoms with Gasteiger partial charge in [-0.3, -0.25) is 0 Å². The molecule has 3 nitrogen and oxygen atoms in total. The molecule has 1 saturated heterocycles. The van der Waals surface area contributed by atoms with Crippen LogP contribution in [0.15, 0.2) is 0 Å². The highest BCUT2D eigenvalue weighted by Gasteiger charge is 2.19. The van der Waals surface area contributed by atoms with Crippen molar-refractivity contribution >= 4 is 0 Å². The fourth-order valence-electron chi connectivity index (χ4n) is 2.77. The van der Waals surface area contributed by atoms with Gasteiger partial charge in [0.2, 0.25) is 0 Å². The van der Waals surface area contributed by atoms with Gasteiger partial charge in [-0.2, -0.15) is 5.26 Å². The number of nitriles is 1. The van der Waals surface area contributed by atoms with E-state index in [1.54, 1.807) is 0 Å². The van der Waals surface area contributed by atoms with Gasteiger partial charge in [0.05, 0.1) is 11.5 Å². The van der Waals surface area contributed by atoms with Crippen LogP contribution in [-0.4, -0.2) is 37.1 Å². The van der Waals surface area contributed by atoms with Gasteiger partial charge in [-0.1, -0.05) is 20.3 Å². The Balaban J connectivity index is 2.07. The van der Waals surface area contributed by atoms with Crippen molar-refractivity contribution in [3.05, 3.63) is 0 Å². The smallest absolute Gasteiger partial charge is 0.0683 e. The zero-order valence-corrected chi connectivity index (χ0v) is 13.9. The first kappa shape index (κ1) is 17.5. The molecule has 1 fully saturated rings. The Bertz CT molecular complexity index is 296. The Kier molecular flexibility index (Phi) is 7.55. The summed E-state index contributed by atoms with van der Waals surface area (Å²) in [6, 6.07) is 3.00. The SMILES string of the molecule is CC(C)NCC1CCN(CCCCC(C)(C)C#N)CC1. The Morgan fingerprint density at radius 1 is 1.25 bits per heavy atom. The average molecular weight is 279 g/mol. The summed E-state index contributed by atoms with van der Waals surface area (Å²) in [4.78, 5) is 2.60. The van der Waals surface area contributed by atoms with E-state index in [-0.39, 0.29) is 5.41 Å². The lowest BCUT2D eigenvalue weighted by Gasteiger charge is -2.32. The van der Waals surface area contributed by atoms with E-state index < -0.39 is 0 Å². The van der Waals surface area contributed by atoms with Crippen LogP contribution < -0.4 is 5.32 Å². The number of unbranched alkanes of at least 4 members (excludes halogenated alkanes) is 1. The number of nitrogens with zero attached hydrogens (tertiary/aromatic N) is 2. The number of likely N-dealkylation sites (tertiary alicyclic amines) is 1. The summed E-state index contributed by atoms with van der Waals surface area (Å²) < 4.78 is 0. The second kappa shape index (κ2) is 8.64. The van der Waals surface area contributed by atoms with Gasteiger partial charge >= 0.3 is 0 Å². The maximum absolute atomic E-state index is 8.99. The first-order chi connectivity index (χ1) is 9.43. The van der Waals surface area contributed by atoms with E-state index >= 15 is 0 Å². The summed E-state index contributed by atoms with van der Waals surface area (Å²) in [6.45, 7) is 13.4. The van der Waals surface area contributed by atoms with Crippen LogP contribution in [0.1, 0.15) is 59.8 Å². The fraction of sp³-hybridized carbons (Fsp3) is 0.941. The highest BCUT2D eigenvalue weighted by molar-refractivity contribution is 4.91. The number of hydrogen-bond acceptors (Lipinski definition) is 3. The molecule has 20 heavy (non-hydrogen) atoms. The predicted octanol–water partition coefficient (Wildman–Crippen LogP) is 3.42. The maximum Gasteiger partial charge on any atom is 0.0683 e. The highest BCUT2D eigenvalue weighted by Crippen LogP contribution is 2.22. The van der Waals surface area contributed by atoms with E-state index in [1.165, 1.54) is 51.9 Å². The van der Waals surface area contributed by atoms with Crippen LogP contribution in [0.4, 0.5) is 0 Å². The molecule has 0 spiro atoms. The molecule has 0 aromatic heterocycles. The normalized spacial score (nSPS) is 18.4. The van der Waals surface area contributed by atoms with E-state index in [0.29, 0.717) is 6.04 Å². The van der Waals surface area contributed by atoms with Crippen LogP contribution >= 0.6 is 0 Å². The standard InChI is InChI=1S/C17H33N3/c1-15(2)19-13-16-7-11-20(12-8-16)10-6-5-9-17(3,4)14-18/h15-16,19H,5-13H2,1-4H3. The second-order valence-corrected chi connectivity index (χ2v) is 7.30. The summed E-state index contributed by atoms with van der Waals surface area (Å²) in [7, 11) is 0. The van der Waals surface area contributed by atoms with Crippen LogP contribution in [0.25, 0.3) is 0 Å². The summed E-state index contributed by atoms with van der Waals surface area (Å²) in [5.74, 6) is 0.867. The third-order valence-corrected chi connectivity index (χ3v) is 4.35. The molecule has 0 amide bonds. The van der Waals surface area contributed by atoms with Crippen molar-refractivity contribution in [2.24, 2.45) is 11.3 Å². The maximum atomic E-state index is 8.99. The number of rotatable bonds is 8. The molecule has 0 bridgehead atoms. The number of hydrogen-bond donors (Lipinski definition) is 1. The lowest BCUT2D eigenvalue weighted by molar-refractivity contribution is 0.176. The molecule has 0 radical (unpaired) electrons. The monoisotopic (exact) mass is 279 g/mol. The van der Waals surface area contributed by atoms with Crippen molar-refractivity contribution in [3.63, 3.8) is 0 Å². The Hall–Kier alpha value is -0.590. The Labute approximate surface area is 125 Å². The Morgan fingerprint density at radius 2 is 1.90 bits per heavy atom. The van der Waals surface area contributed by atoms with Crippen molar-refractivity contribution in [1.29, 1.82) is 5.26 Å². The summed E-state index contributed by atoms with van der Waals surface area (Å²) >= 11 is 0. The molecule has 1 N–H and O–H groups in total. The largest absolute Gasteiger partial charge is 0.314 e. The molecule has 1 aliphatic rings. The van der Waals surface area contributed by atoms with Gasteiger partial charge in [-0.15, -0.1) is 0 Å². The van der Waals surface area contributed by atoms with Crippen molar-refractivity contribution in [3.8, 4) is 6.07 Å². The minimum atomic E-state index is -0.143. The second-order valence-electron chi connectivity index (χ2n) is 7.30. The zero-order valence-electron chi connectivity index (χ0n) is 13.9. The van der Waals surface area contributed by atoms with Gasteiger partial charge in [0.25, 0.3) is 0 Å². The number of piperidine rings is 1. The lowest BCUT2D eigenvalue weighted by atomic mass is 9.89. The van der Waals surface area contributed by atoms with Crippen LogP contribution in [0.5, 0.6) is 0 Å². The molecule has 116 valence electrons. The van der Waals surface area contributed by atoms with Gasteiger partial charge in [-0.25, -0.2) is 0 Å². The van der Waals surface area contributed by atoms with E-state index in [1.807, 2.05) is 13.8 Å². The van der Waals surface area contributed by atoms with E-state index in [2.05, 4.69) is 30.1 Å². The first-order valence-corrected chi connectivity index (χ1v) is 8.30. The summed E-state index contributed by atoms with van der Waals surface area (Å²) in [5, 5.41) is 12.6. The lowest BCUT2D eigenvalue weighted by Crippen LogP contribution is -2.39. The van der Waals surface area contributed by atoms with Crippen LogP contribution in [0.2, 0.25) is 0 Å². The quantitative estimate of drug-likeness (QED) is 0.692. The molecule has 0 aromatic rings. The van der Waals surface area contributed by atoms with E-state index in [9.17, 15) is 0 Å². The van der Waals surface area contributed by atoms with Gasteiger partial charge in [-0.05, 0) is 71.6 Å². The molecule has 0 atom stereocenters. The van der Waals surface area contributed by atoms with Crippen molar-refractivity contribution in [1.82, 2.24) is 10.2 Å². The number of nitrogens with one attached hydrogen (secondary N) is 1. The minimum Gasteiger partial charge on any atom is -0.314 e. The Morgan fingerprint density at radius 3 is 2.45 bits per heavy atom. The molecule has 0 aromatic carbocycles. The molecular formula is C17H33N3. The minimum absolute atomic E-state index is 0.143. The van der Waals surface area contributed by atoms with E-state index in [4.69, 9.17) is 5.26 Å². The fourth-order valence-corrected chi connectivity index (χ4v) is 2.77. The molecule has 0 aliphatic carbocycles. The molecule has 1 aliphatic heterocycles. The third kappa shape index (κ3) is 7.26. The topological polar surface area (TPSA) is 39.1 Å². The van der Waals surface area contributed by atoms with Gasteiger partial charge in [0.15, 0.2) is 0 Å². The van der Waals surface area contributed by atoms with Crippen molar-refractivity contribution in [2.45, 2.75) is 65.8 Å². The first-order valence-electron chi connectivity index (χ1n) is 8.30. The predicted molar refractivity (Wildman–Crippen MR) is 85.5 cm³/mol. The molecule has 1 rings (SSSR count). The van der Waals surface area contributed by atoms with E-state index in [0.717, 1.165) is 12.3 Å². The third-order valence-electron chi connectivity index (χ3n) is 4.35. The molecule has 0 unspecified atom stereocenters. The summed E-state index contributed by atoms with van der Waals surface area (Å²) in [5.41, 5.74) is -0.143. The van der Waals surface area contributed by atoms with Crippen LogP contribution in [-0.2, 0) is 0 Å². The molecule has 3 heteroatoms. The molecular weight excluding hydrogens is 246 g/mol. The van der Waals surface area contributed by atoms with Crippen LogP contribution in [0.3, 0.4) is 0 Å². The summed E-state index contributed by atoms with van der Waals surface area (Å²) in [6.07, 6.45) is 6.11. The van der Waals surface area contributed by atoms with Crippen LogP contribution in [0, 0.1) is 22.7 Å². The van der Waals surface area contributed by atoms with Gasteiger partial charge < -0.3 is 10.2 Å². The molecule has 1 heterocycles. The van der Waals surface area contributed by atoms with Crippen molar-refractivity contribution in [2.75, 3.05) is 26.2 Å². The average Bonchev–Trinajstić information content (AvgIpc) is 2.42.